The summed E-state index contributed by atoms with van der Waals surface area (Å²) in [6, 6.07) is 0.378. The molecule has 0 aromatic rings. The van der Waals surface area contributed by atoms with Gasteiger partial charge in [-0.1, -0.05) is 25.3 Å². The topological polar surface area (TPSA) is 49.4 Å². The molecular formula is C14H22N2O2. The van der Waals surface area contributed by atoms with E-state index in [1.165, 1.54) is 19.3 Å². The fourth-order valence-electron chi connectivity index (χ4n) is 2.97. The smallest absolute Gasteiger partial charge is 0.225 e. The summed E-state index contributed by atoms with van der Waals surface area (Å²) >= 11 is 0. The number of carbonyl (C=O) groups excluding carboxylic acids is 2. The second kappa shape index (κ2) is 6.03. The molecule has 0 spiro atoms. The first kappa shape index (κ1) is 13.1. The summed E-state index contributed by atoms with van der Waals surface area (Å²) < 4.78 is 0. The monoisotopic (exact) mass is 250 g/mol. The van der Waals surface area contributed by atoms with Crippen LogP contribution in [-0.2, 0) is 9.59 Å². The van der Waals surface area contributed by atoms with E-state index in [1.54, 1.807) is 6.08 Å². The maximum Gasteiger partial charge on any atom is 0.225 e. The van der Waals surface area contributed by atoms with Crippen LogP contribution in [0.4, 0.5) is 0 Å². The molecule has 0 aromatic carbocycles. The first-order chi connectivity index (χ1) is 8.72. The Morgan fingerprint density at radius 1 is 1.39 bits per heavy atom. The van der Waals surface area contributed by atoms with E-state index in [4.69, 9.17) is 0 Å². The van der Waals surface area contributed by atoms with Crippen LogP contribution >= 0.6 is 0 Å². The number of rotatable bonds is 4. The lowest BCUT2D eigenvalue weighted by atomic mass is 9.94. The summed E-state index contributed by atoms with van der Waals surface area (Å²) in [7, 11) is 0. The van der Waals surface area contributed by atoms with Crippen molar-refractivity contribution in [2.45, 2.75) is 44.6 Å². The molecule has 2 aliphatic rings. The van der Waals surface area contributed by atoms with Crippen LogP contribution in [0.2, 0.25) is 0 Å². The van der Waals surface area contributed by atoms with Crippen LogP contribution in [0.5, 0.6) is 0 Å². The van der Waals surface area contributed by atoms with Crippen molar-refractivity contribution >= 4 is 11.8 Å². The fourth-order valence-corrected chi connectivity index (χ4v) is 2.97. The number of nitrogens with zero attached hydrogens (tertiary/aromatic N) is 1. The van der Waals surface area contributed by atoms with Gasteiger partial charge in [-0.05, 0) is 12.8 Å². The Morgan fingerprint density at radius 2 is 2.11 bits per heavy atom. The van der Waals surface area contributed by atoms with Gasteiger partial charge in [0, 0.05) is 25.6 Å². The number of hydrogen-bond acceptors (Lipinski definition) is 2. The predicted molar refractivity (Wildman–Crippen MR) is 69.9 cm³/mol. The van der Waals surface area contributed by atoms with Crippen molar-refractivity contribution < 1.29 is 9.59 Å². The summed E-state index contributed by atoms with van der Waals surface area (Å²) in [6.45, 7) is 4.65. The van der Waals surface area contributed by atoms with Crippen LogP contribution < -0.4 is 5.32 Å². The van der Waals surface area contributed by atoms with Crippen molar-refractivity contribution in [1.29, 1.82) is 0 Å². The fraction of sp³-hybridized carbons (Fsp3) is 0.714. The second-order valence-corrected chi connectivity index (χ2v) is 5.27. The van der Waals surface area contributed by atoms with Crippen molar-refractivity contribution in [1.82, 2.24) is 10.2 Å². The van der Waals surface area contributed by atoms with E-state index in [2.05, 4.69) is 11.9 Å². The molecule has 0 aromatic heterocycles. The molecule has 1 aliphatic heterocycles. The van der Waals surface area contributed by atoms with Crippen LogP contribution in [-0.4, -0.2) is 35.8 Å². The van der Waals surface area contributed by atoms with E-state index in [0.717, 1.165) is 12.8 Å². The Hall–Kier alpha value is -1.32. The first-order valence-corrected chi connectivity index (χ1v) is 6.90. The average molecular weight is 250 g/mol. The van der Waals surface area contributed by atoms with E-state index < -0.39 is 0 Å². The first-order valence-electron chi connectivity index (χ1n) is 6.90. The molecule has 1 atom stereocenters. The summed E-state index contributed by atoms with van der Waals surface area (Å²) in [5, 5.41) is 2.78. The number of nitrogens with one attached hydrogen (secondary N) is 1. The molecule has 18 heavy (non-hydrogen) atoms. The van der Waals surface area contributed by atoms with Crippen molar-refractivity contribution in [3.63, 3.8) is 0 Å². The maximum absolute atomic E-state index is 12.0. The Labute approximate surface area is 108 Å². The van der Waals surface area contributed by atoms with Gasteiger partial charge in [-0.15, -0.1) is 6.58 Å². The molecule has 4 nitrogen and oxygen atoms in total. The molecule has 2 fully saturated rings. The van der Waals surface area contributed by atoms with E-state index in [0.29, 0.717) is 25.6 Å². The Morgan fingerprint density at radius 3 is 2.78 bits per heavy atom. The molecule has 2 rings (SSSR count). The third-order valence-corrected chi connectivity index (χ3v) is 3.97. The molecule has 1 unspecified atom stereocenters. The highest BCUT2D eigenvalue weighted by atomic mass is 16.2. The zero-order valence-corrected chi connectivity index (χ0v) is 10.9. The van der Waals surface area contributed by atoms with Crippen molar-refractivity contribution in [2.75, 3.05) is 13.1 Å². The zero-order chi connectivity index (χ0) is 13.0. The van der Waals surface area contributed by atoms with Gasteiger partial charge in [0.2, 0.25) is 11.8 Å². The molecule has 2 amide bonds. The summed E-state index contributed by atoms with van der Waals surface area (Å²) in [5.41, 5.74) is 0. The molecule has 0 radical (unpaired) electrons. The minimum atomic E-state index is -0.167. The molecule has 1 saturated heterocycles. The zero-order valence-electron chi connectivity index (χ0n) is 10.9. The second-order valence-electron chi connectivity index (χ2n) is 5.27. The highest BCUT2D eigenvalue weighted by molar-refractivity contribution is 5.89. The quantitative estimate of drug-likeness (QED) is 0.768. The van der Waals surface area contributed by atoms with Gasteiger partial charge in [0.15, 0.2) is 0 Å². The van der Waals surface area contributed by atoms with Gasteiger partial charge in [0.05, 0.1) is 5.92 Å². The van der Waals surface area contributed by atoms with Crippen LogP contribution in [0.15, 0.2) is 12.7 Å². The van der Waals surface area contributed by atoms with E-state index >= 15 is 0 Å². The third-order valence-electron chi connectivity index (χ3n) is 3.97. The summed E-state index contributed by atoms with van der Waals surface area (Å²) in [6.07, 6.45) is 7.94. The number of hydrogen-bond donors (Lipinski definition) is 1. The molecule has 1 saturated carbocycles. The Bertz CT molecular complexity index is 335. The van der Waals surface area contributed by atoms with E-state index in [1.807, 2.05) is 4.90 Å². The minimum Gasteiger partial charge on any atom is -0.352 e. The molecule has 1 heterocycles. The number of likely N-dealkylation sites (tertiary alicyclic amines) is 1. The molecule has 1 aliphatic carbocycles. The Kier molecular flexibility index (Phi) is 4.39. The summed E-state index contributed by atoms with van der Waals surface area (Å²) in [5.74, 6) is -0.0263. The van der Waals surface area contributed by atoms with Crippen LogP contribution in [0.3, 0.4) is 0 Å². The number of amides is 2. The van der Waals surface area contributed by atoms with E-state index in [9.17, 15) is 9.59 Å². The van der Waals surface area contributed by atoms with Gasteiger partial charge in [-0.2, -0.15) is 0 Å². The number of carbonyl (C=O) groups is 2. The highest BCUT2D eigenvalue weighted by Crippen LogP contribution is 2.28. The average Bonchev–Trinajstić information content (AvgIpc) is 2.79. The van der Waals surface area contributed by atoms with Crippen molar-refractivity contribution in [2.24, 2.45) is 5.92 Å². The van der Waals surface area contributed by atoms with Crippen LogP contribution in [0.1, 0.15) is 38.5 Å². The lowest BCUT2D eigenvalue weighted by molar-refractivity contribution is -0.130. The third kappa shape index (κ3) is 2.92. The van der Waals surface area contributed by atoms with Gasteiger partial charge < -0.3 is 10.2 Å². The van der Waals surface area contributed by atoms with Gasteiger partial charge >= 0.3 is 0 Å². The standard InChI is InChI=1S/C14H22N2O2/c1-2-8-15-14(18)11-9-13(17)16(10-11)12-6-4-3-5-7-12/h2,11-12H,1,3-10H2,(H,15,18). The van der Waals surface area contributed by atoms with Crippen molar-refractivity contribution in [3.8, 4) is 0 Å². The van der Waals surface area contributed by atoms with E-state index in [-0.39, 0.29) is 17.7 Å². The van der Waals surface area contributed by atoms with Crippen LogP contribution in [0, 0.1) is 5.92 Å². The van der Waals surface area contributed by atoms with Gasteiger partial charge in [-0.3, -0.25) is 9.59 Å². The van der Waals surface area contributed by atoms with Crippen molar-refractivity contribution in [3.05, 3.63) is 12.7 Å². The maximum atomic E-state index is 12.0. The minimum absolute atomic E-state index is 0.0124. The normalized spacial score (nSPS) is 25.2. The largest absolute Gasteiger partial charge is 0.352 e. The van der Waals surface area contributed by atoms with Crippen LogP contribution in [0.25, 0.3) is 0 Å². The molecule has 1 N–H and O–H groups in total. The molecular weight excluding hydrogens is 228 g/mol. The van der Waals surface area contributed by atoms with Gasteiger partial charge in [-0.25, -0.2) is 0 Å². The lowest BCUT2D eigenvalue weighted by Gasteiger charge is -2.31. The SMILES string of the molecule is C=CCNC(=O)C1CC(=O)N(C2CCCCC2)C1. The van der Waals surface area contributed by atoms with Gasteiger partial charge in [0.25, 0.3) is 0 Å². The molecule has 0 bridgehead atoms. The Balaban J connectivity index is 1.89. The lowest BCUT2D eigenvalue weighted by Crippen LogP contribution is -2.39. The highest BCUT2D eigenvalue weighted by Gasteiger charge is 2.37. The summed E-state index contributed by atoms with van der Waals surface area (Å²) in [4.78, 5) is 25.8. The molecule has 100 valence electrons. The van der Waals surface area contributed by atoms with Gasteiger partial charge in [0.1, 0.15) is 0 Å². The molecule has 4 heteroatoms. The predicted octanol–water partition coefficient (Wildman–Crippen LogP) is 1.47.